The lowest BCUT2D eigenvalue weighted by molar-refractivity contribution is 0.0836. The van der Waals surface area contributed by atoms with E-state index in [9.17, 15) is 4.79 Å². The number of rotatable bonds is 1. The summed E-state index contributed by atoms with van der Waals surface area (Å²) in [4.78, 5) is 18.9. The standard InChI is InChI=1S/C10H12N4O2/c15-10-7-5-11-14-9(7)12-8(13-10)6-1-3-16-4-2-6/h5-6H,1-4H2,(H2,11,12,13,14,15). The average molecular weight is 220 g/mol. The number of aromatic nitrogens is 4. The zero-order valence-electron chi connectivity index (χ0n) is 8.69. The number of aromatic amines is 2. The molecule has 3 rings (SSSR count). The van der Waals surface area contributed by atoms with Crippen LogP contribution >= 0.6 is 0 Å². The van der Waals surface area contributed by atoms with Crippen molar-refractivity contribution < 1.29 is 4.74 Å². The number of hydrogen-bond donors (Lipinski definition) is 2. The summed E-state index contributed by atoms with van der Waals surface area (Å²) in [5.41, 5.74) is 0.436. The van der Waals surface area contributed by atoms with Crippen LogP contribution < -0.4 is 5.56 Å². The molecule has 0 saturated carbocycles. The van der Waals surface area contributed by atoms with E-state index in [1.165, 1.54) is 6.20 Å². The van der Waals surface area contributed by atoms with Gasteiger partial charge in [-0.25, -0.2) is 4.98 Å². The molecule has 3 heterocycles. The third-order valence-electron chi connectivity index (χ3n) is 2.95. The highest BCUT2D eigenvalue weighted by molar-refractivity contribution is 5.72. The molecule has 0 amide bonds. The van der Waals surface area contributed by atoms with Crippen LogP contribution in [0.15, 0.2) is 11.0 Å². The van der Waals surface area contributed by atoms with Gasteiger partial charge in [0.25, 0.3) is 5.56 Å². The maximum Gasteiger partial charge on any atom is 0.262 e. The molecule has 0 radical (unpaired) electrons. The smallest absolute Gasteiger partial charge is 0.262 e. The second kappa shape index (κ2) is 3.71. The molecule has 2 N–H and O–H groups in total. The quantitative estimate of drug-likeness (QED) is 0.734. The van der Waals surface area contributed by atoms with E-state index in [1.54, 1.807) is 0 Å². The molecule has 1 aliphatic rings. The van der Waals surface area contributed by atoms with Gasteiger partial charge < -0.3 is 9.72 Å². The van der Waals surface area contributed by atoms with Gasteiger partial charge in [-0.15, -0.1) is 0 Å². The van der Waals surface area contributed by atoms with Crippen molar-refractivity contribution in [1.29, 1.82) is 0 Å². The Morgan fingerprint density at radius 2 is 2.19 bits per heavy atom. The van der Waals surface area contributed by atoms with Crippen molar-refractivity contribution in [3.8, 4) is 0 Å². The Bertz CT molecular complexity index is 553. The molecule has 6 heteroatoms. The van der Waals surface area contributed by atoms with Gasteiger partial charge in [0.15, 0.2) is 5.65 Å². The molecule has 0 atom stereocenters. The summed E-state index contributed by atoms with van der Waals surface area (Å²) in [6.45, 7) is 1.46. The van der Waals surface area contributed by atoms with E-state index in [2.05, 4.69) is 20.2 Å². The summed E-state index contributed by atoms with van der Waals surface area (Å²) in [6, 6.07) is 0. The van der Waals surface area contributed by atoms with Crippen LogP contribution in [0.1, 0.15) is 24.6 Å². The Labute approximate surface area is 91.0 Å². The van der Waals surface area contributed by atoms with Gasteiger partial charge in [-0.2, -0.15) is 5.10 Å². The van der Waals surface area contributed by atoms with Gasteiger partial charge in [0.2, 0.25) is 0 Å². The first kappa shape index (κ1) is 9.53. The molecule has 0 unspecified atom stereocenters. The van der Waals surface area contributed by atoms with Crippen LogP contribution in [0, 0.1) is 0 Å². The highest BCUT2D eigenvalue weighted by Gasteiger charge is 2.19. The van der Waals surface area contributed by atoms with Crippen molar-refractivity contribution in [3.05, 3.63) is 22.4 Å². The molecule has 1 fully saturated rings. The van der Waals surface area contributed by atoms with E-state index in [0.717, 1.165) is 31.9 Å². The summed E-state index contributed by atoms with van der Waals surface area (Å²) in [7, 11) is 0. The minimum absolute atomic E-state index is 0.125. The van der Waals surface area contributed by atoms with Crippen LogP contribution in [-0.4, -0.2) is 33.4 Å². The molecule has 84 valence electrons. The van der Waals surface area contributed by atoms with Gasteiger partial charge >= 0.3 is 0 Å². The minimum atomic E-state index is -0.125. The molecular formula is C10H12N4O2. The molecule has 0 aromatic carbocycles. The zero-order chi connectivity index (χ0) is 11.0. The molecule has 6 nitrogen and oxygen atoms in total. The Balaban J connectivity index is 2.06. The average Bonchev–Trinajstić information content (AvgIpc) is 2.79. The molecule has 0 aliphatic carbocycles. The molecule has 16 heavy (non-hydrogen) atoms. The maximum atomic E-state index is 11.7. The normalized spacial score (nSPS) is 18.0. The number of hydrogen-bond acceptors (Lipinski definition) is 4. The van der Waals surface area contributed by atoms with E-state index in [1.807, 2.05) is 0 Å². The summed E-state index contributed by atoms with van der Waals surface area (Å²) in [6.07, 6.45) is 3.31. The monoisotopic (exact) mass is 220 g/mol. The van der Waals surface area contributed by atoms with Crippen LogP contribution in [0.5, 0.6) is 0 Å². The van der Waals surface area contributed by atoms with E-state index in [4.69, 9.17) is 4.74 Å². The number of nitrogens with one attached hydrogen (secondary N) is 2. The van der Waals surface area contributed by atoms with Crippen LogP contribution in [-0.2, 0) is 4.74 Å². The highest BCUT2D eigenvalue weighted by Crippen LogP contribution is 2.23. The van der Waals surface area contributed by atoms with E-state index in [0.29, 0.717) is 11.0 Å². The summed E-state index contributed by atoms with van der Waals surface area (Å²) < 4.78 is 5.28. The van der Waals surface area contributed by atoms with Crippen LogP contribution in [0.2, 0.25) is 0 Å². The topological polar surface area (TPSA) is 83.7 Å². The van der Waals surface area contributed by atoms with E-state index in [-0.39, 0.29) is 11.5 Å². The molecule has 2 aromatic rings. The third-order valence-corrected chi connectivity index (χ3v) is 2.95. The molecule has 1 saturated heterocycles. The number of nitrogens with zero attached hydrogens (tertiary/aromatic N) is 2. The van der Waals surface area contributed by atoms with Gasteiger partial charge in [-0.05, 0) is 12.8 Å². The lowest BCUT2D eigenvalue weighted by Crippen LogP contribution is -2.20. The first-order valence-corrected chi connectivity index (χ1v) is 5.35. The van der Waals surface area contributed by atoms with Gasteiger partial charge in [0, 0.05) is 19.1 Å². The predicted molar refractivity (Wildman–Crippen MR) is 57.3 cm³/mol. The Morgan fingerprint density at radius 3 is 3.00 bits per heavy atom. The zero-order valence-corrected chi connectivity index (χ0v) is 8.69. The number of fused-ring (bicyclic) bond motifs is 1. The Morgan fingerprint density at radius 1 is 1.38 bits per heavy atom. The van der Waals surface area contributed by atoms with Crippen LogP contribution in [0.4, 0.5) is 0 Å². The van der Waals surface area contributed by atoms with Crippen molar-refractivity contribution >= 4 is 11.0 Å². The molecule has 1 aliphatic heterocycles. The van der Waals surface area contributed by atoms with Crippen molar-refractivity contribution in [2.24, 2.45) is 0 Å². The first-order valence-electron chi connectivity index (χ1n) is 5.35. The first-order chi connectivity index (χ1) is 7.84. The second-order valence-electron chi connectivity index (χ2n) is 3.97. The van der Waals surface area contributed by atoms with Gasteiger partial charge in [-0.3, -0.25) is 9.89 Å². The van der Waals surface area contributed by atoms with E-state index < -0.39 is 0 Å². The lowest BCUT2D eigenvalue weighted by Gasteiger charge is -2.20. The van der Waals surface area contributed by atoms with Crippen LogP contribution in [0.25, 0.3) is 11.0 Å². The fraction of sp³-hybridized carbons (Fsp3) is 0.500. The summed E-state index contributed by atoms with van der Waals surface area (Å²) in [5, 5.41) is 7.05. The minimum Gasteiger partial charge on any atom is -0.381 e. The fourth-order valence-corrected chi connectivity index (χ4v) is 2.03. The highest BCUT2D eigenvalue weighted by atomic mass is 16.5. The SMILES string of the molecule is O=c1[nH]c(C2CCOCC2)nc2[nH]ncc12. The molecule has 0 spiro atoms. The molecule has 2 aromatic heterocycles. The van der Waals surface area contributed by atoms with Gasteiger partial charge in [0.05, 0.1) is 6.20 Å². The lowest BCUT2D eigenvalue weighted by atomic mass is 9.99. The van der Waals surface area contributed by atoms with Crippen molar-refractivity contribution in [2.75, 3.05) is 13.2 Å². The van der Waals surface area contributed by atoms with Crippen molar-refractivity contribution in [3.63, 3.8) is 0 Å². The second-order valence-corrected chi connectivity index (χ2v) is 3.97. The number of H-pyrrole nitrogens is 2. The molecular weight excluding hydrogens is 208 g/mol. The molecule has 0 bridgehead atoms. The Kier molecular flexibility index (Phi) is 2.21. The van der Waals surface area contributed by atoms with Gasteiger partial charge in [0.1, 0.15) is 11.2 Å². The number of ether oxygens (including phenoxy) is 1. The van der Waals surface area contributed by atoms with Crippen LogP contribution in [0.3, 0.4) is 0 Å². The van der Waals surface area contributed by atoms with Crippen molar-refractivity contribution in [2.45, 2.75) is 18.8 Å². The largest absolute Gasteiger partial charge is 0.381 e. The summed E-state index contributed by atoms with van der Waals surface area (Å²) in [5.74, 6) is 1.03. The predicted octanol–water partition coefficient (Wildman–Crippen LogP) is 0.540. The van der Waals surface area contributed by atoms with E-state index >= 15 is 0 Å². The van der Waals surface area contributed by atoms with Gasteiger partial charge in [-0.1, -0.05) is 0 Å². The Hall–Kier alpha value is -1.69. The fourth-order valence-electron chi connectivity index (χ4n) is 2.03. The maximum absolute atomic E-state index is 11.7. The van der Waals surface area contributed by atoms with Crippen molar-refractivity contribution in [1.82, 2.24) is 20.2 Å². The third kappa shape index (κ3) is 1.51. The summed E-state index contributed by atoms with van der Waals surface area (Å²) >= 11 is 0.